The number of hydrogen-bond acceptors (Lipinski definition) is 5. The minimum Gasteiger partial charge on any atom is -0.493 e. The Bertz CT molecular complexity index is 1140. The molecule has 1 aliphatic carbocycles. The van der Waals surface area contributed by atoms with Crippen molar-refractivity contribution in [3.8, 4) is 11.5 Å². The van der Waals surface area contributed by atoms with Crippen LogP contribution in [0.1, 0.15) is 41.6 Å². The van der Waals surface area contributed by atoms with Gasteiger partial charge in [-0.2, -0.15) is 0 Å². The first-order valence-electron chi connectivity index (χ1n) is 11.2. The Kier molecular flexibility index (Phi) is 5.33. The molecule has 2 aliphatic rings. The summed E-state index contributed by atoms with van der Waals surface area (Å²) >= 11 is 0. The Morgan fingerprint density at radius 1 is 1.09 bits per heavy atom. The summed E-state index contributed by atoms with van der Waals surface area (Å²) in [7, 11) is 5.55. The second-order valence-corrected chi connectivity index (χ2v) is 9.09. The molecule has 0 unspecified atom stereocenters. The number of likely N-dealkylation sites (N-methyl/N-ethyl adjacent to an activating group) is 1. The van der Waals surface area contributed by atoms with Gasteiger partial charge in [0, 0.05) is 28.4 Å². The van der Waals surface area contributed by atoms with E-state index in [2.05, 4.69) is 29.4 Å². The lowest BCUT2D eigenvalue weighted by Crippen LogP contribution is -2.51. The molecule has 0 radical (unpaired) electrons. The van der Waals surface area contributed by atoms with Gasteiger partial charge in [-0.25, -0.2) is 0 Å². The third-order valence-corrected chi connectivity index (χ3v) is 7.54. The fourth-order valence-corrected chi connectivity index (χ4v) is 5.77. The zero-order chi connectivity index (χ0) is 22.3. The minimum absolute atomic E-state index is 0.0163. The highest BCUT2D eigenvalue weighted by atomic mass is 16.5. The molecule has 1 saturated carbocycles. The number of carbonyl (C=O) groups excluding carboxylic acids is 1. The summed E-state index contributed by atoms with van der Waals surface area (Å²) in [5, 5.41) is 4.24. The van der Waals surface area contributed by atoms with E-state index in [9.17, 15) is 4.79 Å². The van der Waals surface area contributed by atoms with Crippen molar-refractivity contribution in [3.05, 3.63) is 59.9 Å². The number of ether oxygens (including phenoxy) is 2. The summed E-state index contributed by atoms with van der Waals surface area (Å²) in [6.45, 7) is 1.05. The molecule has 3 atom stereocenters. The van der Waals surface area contributed by atoms with E-state index >= 15 is 0 Å². The van der Waals surface area contributed by atoms with E-state index in [4.69, 9.17) is 13.9 Å². The van der Waals surface area contributed by atoms with E-state index in [1.54, 1.807) is 20.5 Å². The number of amides is 1. The molecule has 0 bridgehead atoms. The van der Waals surface area contributed by atoms with E-state index < -0.39 is 0 Å². The molecule has 0 spiro atoms. The Morgan fingerprint density at radius 3 is 2.75 bits per heavy atom. The summed E-state index contributed by atoms with van der Waals surface area (Å²) in [4.78, 5) is 15.4. The Labute approximate surface area is 188 Å². The number of methoxy groups -OCH3 is 2. The highest BCUT2D eigenvalue weighted by molar-refractivity contribution is 5.97. The largest absolute Gasteiger partial charge is 0.493 e. The predicted octanol–water partition coefficient (Wildman–Crippen LogP) is 4.37. The number of carbonyl (C=O) groups is 1. The molecular weight excluding hydrogens is 404 g/mol. The predicted molar refractivity (Wildman–Crippen MR) is 124 cm³/mol. The van der Waals surface area contributed by atoms with Gasteiger partial charge in [-0.15, -0.1) is 0 Å². The molecular formula is C26H30N2O4. The third-order valence-electron chi connectivity index (χ3n) is 7.54. The van der Waals surface area contributed by atoms with Gasteiger partial charge in [0.25, 0.3) is 5.91 Å². The number of nitrogens with zero attached hydrogens (tertiary/aromatic N) is 1. The molecule has 1 amide bonds. The normalized spacial score (nSPS) is 25.5. The number of hydrogen-bond donors (Lipinski definition) is 1. The topological polar surface area (TPSA) is 63.9 Å². The van der Waals surface area contributed by atoms with Crippen LogP contribution in [0.3, 0.4) is 0 Å². The van der Waals surface area contributed by atoms with Crippen molar-refractivity contribution in [3.63, 3.8) is 0 Å². The molecule has 1 aromatic heterocycles. The van der Waals surface area contributed by atoms with Gasteiger partial charge in [-0.3, -0.25) is 4.79 Å². The van der Waals surface area contributed by atoms with E-state index in [1.165, 1.54) is 5.56 Å². The fraction of sp³-hybridized carbons (Fsp3) is 0.423. The van der Waals surface area contributed by atoms with Crippen molar-refractivity contribution in [1.82, 2.24) is 10.2 Å². The van der Waals surface area contributed by atoms with Gasteiger partial charge in [-0.05, 0) is 81.2 Å². The molecule has 2 aromatic carbocycles. The summed E-state index contributed by atoms with van der Waals surface area (Å²) in [5.41, 5.74) is 2.85. The monoisotopic (exact) mass is 434 g/mol. The quantitative estimate of drug-likeness (QED) is 0.646. The van der Waals surface area contributed by atoms with Crippen molar-refractivity contribution in [2.45, 2.75) is 43.2 Å². The van der Waals surface area contributed by atoms with Crippen LogP contribution in [0.15, 0.2) is 53.1 Å². The SMILES string of the molecule is COc1ccc([C@@]23CC[C@@H](NC(=O)c4ccc5occc5c4)C[C@@H]2N(C)CC3)cc1OC. The molecule has 1 N–H and O–H groups in total. The standard InChI is InChI=1S/C26H30N2O4/c1-28-12-11-26(19-5-7-22(30-2)23(15-19)31-3)10-8-20(16-24(26)28)27-25(29)18-4-6-21-17(14-18)9-13-32-21/h4-7,9,13-15,20,24H,8,10-12,16H2,1-3H3,(H,27,29)/t20-,24+,26+/m1/s1. The van der Waals surface area contributed by atoms with Crippen molar-refractivity contribution >= 4 is 16.9 Å². The number of fused-ring (bicyclic) bond motifs is 2. The van der Waals surface area contributed by atoms with Crippen molar-refractivity contribution in [2.24, 2.45) is 0 Å². The Morgan fingerprint density at radius 2 is 1.94 bits per heavy atom. The van der Waals surface area contributed by atoms with E-state index in [0.717, 1.165) is 54.7 Å². The van der Waals surface area contributed by atoms with Crippen molar-refractivity contribution in [2.75, 3.05) is 27.8 Å². The zero-order valence-corrected chi connectivity index (χ0v) is 18.9. The molecule has 5 rings (SSSR count). The average molecular weight is 435 g/mol. The van der Waals surface area contributed by atoms with Crippen LogP contribution >= 0.6 is 0 Å². The number of nitrogens with one attached hydrogen (secondary N) is 1. The van der Waals surface area contributed by atoms with Crippen LogP contribution in [0.5, 0.6) is 11.5 Å². The number of furan rings is 1. The second kappa shape index (κ2) is 8.17. The summed E-state index contributed by atoms with van der Waals surface area (Å²) < 4.78 is 16.4. The lowest BCUT2D eigenvalue weighted by Gasteiger charge is -2.45. The van der Waals surface area contributed by atoms with E-state index in [0.29, 0.717) is 11.6 Å². The van der Waals surface area contributed by atoms with Gasteiger partial charge >= 0.3 is 0 Å². The first-order chi connectivity index (χ1) is 15.5. The van der Waals surface area contributed by atoms with Crippen molar-refractivity contribution in [1.29, 1.82) is 0 Å². The van der Waals surface area contributed by atoms with Gasteiger partial charge in [0.15, 0.2) is 11.5 Å². The fourth-order valence-electron chi connectivity index (χ4n) is 5.77. The lowest BCUT2D eigenvalue weighted by atomic mass is 9.65. The highest BCUT2D eigenvalue weighted by Gasteiger charge is 2.50. The molecule has 3 aromatic rings. The molecule has 6 heteroatoms. The minimum atomic E-state index is -0.0163. The molecule has 6 nitrogen and oxygen atoms in total. The molecule has 1 aliphatic heterocycles. The number of benzene rings is 2. The summed E-state index contributed by atoms with van der Waals surface area (Å²) in [5.74, 6) is 1.52. The summed E-state index contributed by atoms with van der Waals surface area (Å²) in [6.07, 6.45) is 5.69. The first kappa shape index (κ1) is 20.9. The Hall–Kier alpha value is -2.99. The molecule has 1 saturated heterocycles. The maximum atomic E-state index is 13.0. The molecule has 32 heavy (non-hydrogen) atoms. The van der Waals surface area contributed by atoms with Crippen LogP contribution in [0.2, 0.25) is 0 Å². The van der Waals surface area contributed by atoms with Gasteiger partial charge < -0.3 is 24.1 Å². The van der Waals surface area contributed by atoms with E-state index in [1.807, 2.05) is 30.3 Å². The Balaban J connectivity index is 1.35. The zero-order valence-electron chi connectivity index (χ0n) is 18.9. The molecule has 2 heterocycles. The van der Waals surface area contributed by atoms with Crippen LogP contribution < -0.4 is 14.8 Å². The lowest BCUT2D eigenvalue weighted by molar-refractivity contribution is 0.0889. The third kappa shape index (κ3) is 3.43. The second-order valence-electron chi connectivity index (χ2n) is 9.09. The number of rotatable bonds is 5. The maximum absolute atomic E-state index is 13.0. The van der Waals surface area contributed by atoms with Gasteiger partial charge in [0.05, 0.1) is 20.5 Å². The smallest absolute Gasteiger partial charge is 0.251 e. The summed E-state index contributed by atoms with van der Waals surface area (Å²) in [6, 6.07) is 14.3. The molecule has 168 valence electrons. The van der Waals surface area contributed by atoms with Crippen LogP contribution in [-0.2, 0) is 5.41 Å². The maximum Gasteiger partial charge on any atom is 0.251 e. The first-order valence-corrected chi connectivity index (χ1v) is 11.2. The van der Waals surface area contributed by atoms with E-state index in [-0.39, 0.29) is 17.4 Å². The molecule has 2 fully saturated rings. The highest BCUT2D eigenvalue weighted by Crippen LogP contribution is 2.49. The number of likely N-dealkylation sites (tertiary alicyclic amines) is 1. The van der Waals surface area contributed by atoms with Gasteiger partial charge in [-0.1, -0.05) is 6.07 Å². The van der Waals surface area contributed by atoms with Crippen LogP contribution in [-0.4, -0.2) is 50.7 Å². The van der Waals surface area contributed by atoms with Crippen LogP contribution in [0.4, 0.5) is 0 Å². The van der Waals surface area contributed by atoms with Crippen LogP contribution in [0, 0.1) is 0 Å². The average Bonchev–Trinajstić information content (AvgIpc) is 3.43. The van der Waals surface area contributed by atoms with Crippen LogP contribution in [0.25, 0.3) is 11.0 Å². The van der Waals surface area contributed by atoms with Gasteiger partial charge in [0.2, 0.25) is 0 Å². The van der Waals surface area contributed by atoms with Crippen molar-refractivity contribution < 1.29 is 18.7 Å². The van der Waals surface area contributed by atoms with Gasteiger partial charge in [0.1, 0.15) is 5.58 Å².